The number of aryl methyl sites for hydroxylation is 1. The first-order chi connectivity index (χ1) is 10.1. The standard InChI is InChI=1S/C16H25N3O2/c1-18-9-10-19(14(11-17)12-18)16(20)8-5-13-3-6-15(21-2)7-4-13/h3-4,6-7,14H,5,8-12,17H2,1-2H3. The van der Waals surface area contributed by atoms with Crippen LogP contribution in [0.15, 0.2) is 24.3 Å². The SMILES string of the molecule is COc1ccc(CCC(=O)N2CCN(C)CC2CN)cc1. The van der Waals surface area contributed by atoms with E-state index in [9.17, 15) is 4.79 Å². The van der Waals surface area contributed by atoms with E-state index in [-0.39, 0.29) is 11.9 Å². The molecule has 1 atom stereocenters. The minimum absolute atomic E-state index is 0.145. The molecule has 1 amide bonds. The zero-order chi connectivity index (χ0) is 15.2. The van der Waals surface area contributed by atoms with Gasteiger partial charge in [-0.05, 0) is 31.2 Å². The van der Waals surface area contributed by atoms with Gasteiger partial charge in [0.25, 0.3) is 0 Å². The monoisotopic (exact) mass is 291 g/mol. The molecule has 0 aromatic heterocycles. The van der Waals surface area contributed by atoms with Crippen molar-refractivity contribution in [1.29, 1.82) is 0 Å². The number of likely N-dealkylation sites (N-methyl/N-ethyl adjacent to an activating group) is 1. The Bertz CT molecular complexity index is 461. The minimum atomic E-state index is 0.145. The zero-order valence-corrected chi connectivity index (χ0v) is 12.9. The van der Waals surface area contributed by atoms with Crippen molar-refractivity contribution < 1.29 is 9.53 Å². The molecule has 1 unspecified atom stereocenters. The van der Waals surface area contributed by atoms with Gasteiger partial charge >= 0.3 is 0 Å². The number of benzene rings is 1. The van der Waals surface area contributed by atoms with Crippen molar-refractivity contribution in [2.24, 2.45) is 5.73 Å². The highest BCUT2D eigenvalue weighted by molar-refractivity contribution is 5.77. The third-order valence-corrected chi connectivity index (χ3v) is 4.06. The molecule has 1 aromatic carbocycles. The summed E-state index contributed by atoms with van der Waals surface area (Å²) in [5.74, 6) is 1.04. The molecule has 5 heteroatoms. The van der Waals surface area contributed by atoms with Crippen LogP contribution < -0.4 is 10.5 Å². The van der Waals surface area contributed by atoms with Crippen LogP contribution in [0.3, 0.4) is 0 Å². The van der Waals surface area contributed by atoms with Crippen LogP contribution in [0, 0.1) is 0 Å². The number of ether oxygens (including phenoxy) is 1. The van der Waals surface area contributed by atoms with Gasteiger partial charge in [0.05, 0.1) is 13.2 Å². The lowest BCUT2D eigenvalue weighted by molar-refractivity contribution is -0.135. The van der Waals surface area contributed by atoms with Crippen LogP contribution in [-0.2, 0) is 11.2 Å². The number of piperazine rings is 1. The maximum absolute atomic E-state index is 12.4. The number of rotatable bonds is 5. The fraction of sp³-hybridized carbons (Fsp3) is 0.562. The van der Waals surface area contributed by atoms with E-state index < -0.39 is 0 Å². The van der Waals surface area contributed by atoms with Gasteiger partial charge in [0.2, 0.25) is 5.91 Å². The van der Waals surface area contributed by atoms with Gasteiger partial charge in [-0.15, -0.1) is 0 Å². The fourth-order valence-corrected chi connectivity index (χ4v) is 2.73. The Morgan fingerprint density at radius 3 is 2.67 bits per heavy atom. The summed E-state index contributed by atoms with van der Waals surface area (Å²) in [6, 6.07) is 8.02. The van der Waals surface area contributed by atoms with Gasteiger partial charge < -0.3 is 20.3 Å². The van der Waals surface area contributed by atoms with Gasteiger partial charge in [-0.2, -0.15) is 0 Å². The third-order valence-electron chi connectivity index (χ3n) is 4.06. The van der Waals surface area contributed by atoms with E-state index in [0.29, 0.717) is 13.0 Å². The Morgan fingerprint density at radius 2 is 2.05 bits per heavy atom. The summed E-state index contributed by atoms with van der Waals surface area (Å²) in [7, 11) is 3.72. The molecule has 1 aliphatic heterocycles. The van der Waals surface area contributed by atoms with Crippen molar-refractivity contribution in [3.8, 4) is 5.75 Å². The Labute approximate surface area is 126 Å². The van der Waals surface area contributed by atoms with E-state index in [2.05, 4.69) is 11.9 Å². The van der Waals surface area contributed by atoms with Crippen LogP contribution in [0.4, 0.5) is 0 Å². The van der Waals surface area contributed by atoms with Gasteiger partial charge in [-0.25, -0.2) is 0 Å². The first-order valence-electron chi connectivity index (χ1n) is 7.45. The van der Waals surface area contributed by atoms with Crippen LogP contribution in [0.25, 0.3) is 0 Å². The number of hydrogen-bond donors (Lipinski definition) is 1. The molecule has 1 aliphatic rings. The number of hydrogen-bond acceptors (Lipinski definition) is 4. The van der Waals surface area contributed by atoms with Crippen molar-refractivity contribution in [2.45, 2.75) is 18.9 Å². The maximum Gasteiger partial charge on any atom is 0.223 e. The quantitative estimate of drug-likeness (QED) is 0.869. The lowest BCUT2D eigenvalue weighted by Gasteiger charge is -2.39. The molecule has 0 spiro atoms. The second-order valence-electron chi connectivity index (χ2n) is 5.59. The van der Waals surface area contributed by atoms with Gasteiger partial charge in [-0.1, -0.05) is 12.1 Å². The van der Waals surface area contributed by atoms with Crippen molar-refractivity contribution in [3.05, 3.63) is 29.8 Å². The smallest absolute Gasteiger partial charge is 0.223 e. The third kappa shape index (κ3) is 4.19. The highest BCUT2D eigenvalue weighted by Gasteiger charge is 2.27. The number of amides is 1. The van der Waals surface area contributed by atoms with Gasteiger partial charge in [-0.3, -0.25) is 4.79 Å². The number of nitrogens with zero attached hydrogens (tertiary/aromatic N) is 2. The number of methoxy groups -OCH3 is 1. The van der Waals surface area contributed by atoms with Crippen LogP contribution in [0.2, 0.25) is 0 Å². The minimum Gasteiger partial charge on any atom is -0.497 e. The van der Waals surface area contributed by atoms with Gasteiger partial charge in [0.15, 0.2) is 0 Å². The molecular formula is C16H25N3O2. The highest BCUT2D eigenvalue weighted by atomic mass is 16.5. The largest absolute Gasteiger partial charge is 0.497 e. The van der Waals surface area contributed by atoms with E-state index in [1.54, 1.807) is 7.11 Å². The molecule has 0 radical (unpaired) electrons. The summed E-state index contributed by atoms with van der Waals surface area (Å²) in [5, 5.41) is 0. The summed E-state index contributed by atoms with van der Waals surface area (Å²) in [4.78, 5) is 16.6. The molecule has 2 N–H and O–H groups in total. The first kappa shape index (κ1) is 15.8. The molecule has 0 saturated carbocycles. The molecule has 1 aromatic rings. The Morgan fingerprint density at radius 1 is 1.33 bits per heavy atom. The van der Waals surface area contributed by atoms with E-state index >= 15 is 0 Å². The molecule has 116 valence electrons. The Hall–Kier alpha value is -1.59. The van der Waals surface area contributed by atoms with Crippen LogP contribution in [0.5, 0.6) is 5.75 Å². The average molecular weight is 291 g/mol. The molecule has 0 bridgehead atoms. The molecule has 5 nitrogen and oxygen atoms in total. The topological polar surface area (TPSA) is 58.8 Å². The van der Waals surface area contributed by atoms with Crippen molar-refractivity contribution in [3.63, 3.8) is 0 Å². The molecule has 1 fully saturated rings. The first-order valence-corrected chi connectivity index (χ1v) is 7.45. The van der Waals surface area contributed by atoms with E-state index in [4.69, 9.17) is 10.5 Å². The van der Waals surface area contributed by atoms with Crippen molar-refractivity contribution in [2.75, 3.05) is 40.3 Å². The Balaban J connectivity index is 1.88. The second-order valence-corrected chi connectivity index (χ2v) is 5.59. The maximum atomic E-state index is 12.4. The second kappa shape index (κ2) is 7.43. The predicted octanol–water partition coefficient (Wildman–Crippen LogP) is 0.729. The van der Waals surface area contributed by atoms with E-state index in [1.807, 2.05) is 29.2 Å². The van der Waals surface area contributed by atoms with Crippen LogP contribution in [-0.4, -0.2) is 62.1 Å². The Kier molecular flexibility index (Phi) is 5.59. The lowest BCUT2D eigenvalue weighted by atomic mass is 10.1. The van der Waals surface area contributed by atoms with Crippen molar-refractivity contribution in [1.82, 2.24) is 9.80 Å². The predicted molar refractivity (Wildman–Crippen MR) is 83.4 cm³/mol. The zero-order valence-electron chi connectivity index (χ0n) is 12.9. The summed E-state index contributed by atoms with van der Waals surface area (Å²) in [6.45, 7) is 3.09. The highest BCUT2D eigenvalue weighted by Crippen LogP contribution is 2.14. The molecule has 0 aliphatic carbocycles. The number of carbonyl (C=O) groups is 1. The average Bonchev–Trinajstić information content (AvgIpc) is 2.52. The molecule has 1 heterocycles. The van der Waals surface area contributed by atoms with Gasteiger partial charge in [0, 0.05) is 32.6 Å². The summed E-state index contributed by atoms with van der Waals surface area (Å²) >= 11 is 0. The number of nitrogens with two attached hydrogens (primary N) is 1. The van der Waals surface area contributed by atoms with E-state index in [0.717, 1.165) is 37.4 Å². The summed E-state index contributed by atoms with van der Waals surface area (Å²) < 4.78 is 5.13. The normalized spacial score (nSPS) is 19.6. The summed E-state index contributed by atoms with van der Waals surface area (Å²) in [5.41, 5.74) is 6.95. The van der Waals surface area contributed by atoms with Crippen molar-refractivity contribution >= 4 is 5.91 Å². The lowest BCUT2D eigenvalue weighted by Crippen LogP contribution is -2.56. The molecule has 2 rings (SSSR count). The van der Waals surface area contributed by atoms with Crippen LogP contribution >= 0.6 is 0 Å². The van der Waals surface area contributed by atoms with Gasteiger partial charge in [0.1, 0.15) is 5.75 Å². The molecule has 1 saturated heterocycles. The fourth-order valence-electron chi connectivity index (χ4n) is 2.73. The molecular weight excluding hydrogens is 266 g/mol. The van der Waals surface area contributed by atoms with Crippen LogP contribution in [0.1, 0.15) is 12.0 Å². The number of carbonyl (C=O) groups excluding carboxylic acids is 1. The summed E-state index contributed by atoms with van der Waals surface area (Å²) in [6.07, 6.45) is 1.29. The van der Waals surface area contributed by atoms with E-state index in [1.165, 1.54) is 0 Å². The molecule has 21 heavy (non-hydrogen) atoms.